The smallest absolute Gasteiger partial charge is 0.271 e. The van der Waals surface area contributed by atoms with Crippen molar-refractivity contribution >= 4 is 40.5 Å². The Bertz CT molecular complexity index is 1300. The molecule has 0 saturated carbocycles. The van der Waals surface area contributed by atoms with Crippen LogP contribution in [0.25, 0.3) is 28.9 Å². The number of aryl methyl sites for hydroxylation is 1. The second kappa shape index (κ2) is 8.23. The Labute approximate surface area is 178 Å². The predicted molar refractivity (Wildman–Crippen MR) is 122 cm³/mol. The van der Waals surface area contributed by atoms with Crippen molar-refractivity contribution in [2.75, 3.05) is 5.32 Å². The van der Waals surface area contributed by atoms with E-state index in [4.69, 9.17) is 0 Å². The zero-order valence-electron chi connectivity index (χ0n) is 17.1. The van der Waals surface area contributed by atoms with E-state index in [1.807, 2.05) is 72.2 Å². The zero-order valence-corrected chi connectivity index (χ0v) is 17.1. The summed E-state index contributed by atoms with van der Waals surface area (Å²) in [4.78, 5) is 26.6. The van der Waals surface area contributed by atoms with E-state index in [-0.39, 0.29) is 11.6 Å². The lowest BCUT2D eigenvalue weighted by molar-refractivity contribution is -0.384. The van der Waals surface area contributed by atoms with Gasteiger partial charge in [0.15, 0.2) is 0 Å². The lowest BCUT2D eigenvalue weighted by Gasteiger charge is -2.08. The first-order valence-electron chi connectivity index (χ1n) is 9.70. The molecule has 0 aliphatic rings. The number of aromatic nitrogens is 2. The maximum Gasteiger partial charge on any atom is 0.271 e. The summed E-state index contributed by atoms with van der Waals surface area (Å²) >= 11 is 0. The quantitative estimate of drug-likeness (QED) is 0.352. The molecule has 0 unspecified atom stereocenters. The second-order valence-electron chi connectivity index (χ2n) is 7.21. The molecular formula is C24H20N4O3. The molecule has 0 spiro atoms. The van der Waals surface area contributed by atoms with Crippen molar-refractivity contribution < 1.29 is 9.72 Å². The number of nitrogens with zero attached hydrogens (tertiary/aromatic N) is 3. The fourth-order valence-corrected chi connectivity index (χ4v) is 3.33. The van der Waals surface area contributed by atoms with Crippen LogP contribution in [0.2, 0.25) is 0 Å². The fraction of sp³-hybridized carbons (Fsp3) is 0.0833. The SMILES string of the molecule is CC(=O)Nc1ccc(/C=C\c2nc3cc([N+](=O)[O-])ccc3n2-c2ccc(C)cc2)cc1. The van der Waals surface area contributed by atoms with E-state index in [1.54, 1.807) is 6.07 Å². The molecule has 4 rings (SSSR count). The van der Waals surface area contributed by atoms with Crippen molar-refractivity contribution in [1.29, 1.82) is 0 Å². The molecule has 3 aromatic carbocycles. The number of amides is 1. The molecule has 7 nitrogen and oxygen atoms in total. The van der Waals surface area contributed by atoms with E-state index < -0.39 is 4.92 Å². The predicted octanol–water partition coefficient (Wildman–Crippen LogP) is 5.37. The number of nitro groups is 1. The number of nitro benzene ring substituents is 1. The highest BCUT2D eigenvalue weighted by atomic mass is 16.6. The average Bonchev–Trinajstić information content (AvgIpc) is 3.11. The van der Waals surface area contributed by atoms with Gasteiger partial charge >= 0.3 is 0 Å². The topological polar surface area (TPSA) is 90.1 Å². The van der Waals surface area contributed by atoms with Gasteiger partial charge in [0.25, 0.3) is 5.69 Å². The van der Waals surface area contributed by atoms with Crippen LogP contribution in [0.15, 0.2) is 66.7 Å². The van der Waals surface area contributed by atoms with Crippen molar-refractivity contribution in [3.63, 3.8) is 0 Å². The van der Waals surface area contributed by atoms with Crippen molar-refractivity contribution in [1.82, 2.24) is 9.55 Å². The molecule has 7 heteroatoms. The van der Waals surface area contributed by atoms with Crippen molar-refractivity contribution in [3.05, 3.63) is 93.8 Å². The van der Waals surface area contributed by atoms with Crippen molar-refractivity contribution in [2.45, 2.75) is 13.8 Å². The lowest BCUT2D eigenvalue weighted by atomic mass is 10.2. The van der Waals surface area contributed by atoms with Crippen LogP contribution in [0.1, 0.15) is 23.9 Å². The summed E-state index contributed by atoms with van der Waals surface area (Å²) in [7, 11) is 0. The molecule has 0 aliphatic carbocycles. The van der Waals surface area contributed by atoms with Gasteiger partial charge in [-0.25, -0.2) is 4.98 Å². The van der Waals surface area contributed by atoms with Crippen LogP contribution in [-0.4, -0.2) is 20.4 Å². The van der Waals surface area contributed by atoms with Crippen LogP contribution in [0.5, 0.6) is 0 Å². The summed E-state index contributed by atoms with van der Waals surface area (Å²) < 4.78 is 1.97. The number of benzene rings is 3. The molecule has 1 amide bonds. The Morgan fingerprint density at radius 1 is 1.03 bits per heavy atom. The number of anilines is 1. The first kappa shape index (κ1) is 20.0. The third kappa shape index (κ3) is 4.35. The van der Waals surface area contributed by atoms with E-state index in [2.05, 4.69) is 10.3 Å². The molecule has 0 aliphatic heterocycles. The van der Waals surface area contributed by atoms with Gasteiger partial charge in [-0.2, -0.15) is 0 Å². The maximum absolute atomic E-state index is 11.2. The number of rotatable bonds is 5. The third-order valence-corrected chi connectivity index (χ3v) is 4.82. The maximum atomic E-state index is 11.2. The first-order chi connectivity index (χ1) is 14.9. The number of non-ortho nitro benzene ring substituents is 1. The zero-order chi connectivity index (χ0) is 22.0. The normalized spacial score (nSPS) is 11.2. The molecule has 1 aromatic heterocycles. The van der Waals surface area contributed by atoms with Gasteiger partial charge in [0.2, 0.25) is 5.91 Å². The number of nitrogens with one attached hydrogen (secondary N) is 1. The fourth-order valence-electron chi connectivity index (χ4n) is 3.33. The standard InChI is InChI=1S/C24H20N4O3/c1-16-3-10-20(11-4-16)27-23-13-12-21(28(30)31)15-22(23)26-24(27)14-7-18-5-8-19(9-6-18)25-17(2)29/h3-15H,1-2H3,(H,25,29)/b14-7-. The van der Waals surface area contributed by atoms with Gasteiger partial charge in [0.1, 0.15) is 5.82 Å². The Kier molecular flexibility index (Phi) is 5.32. The minimum atomic E-state index is -0.420. The Balaban J connectivity index is 1.77. The van der Waals surface area contributed by atoms with Gasteiger partial charge < -0.3 is 5.32 Å². The Hall–Kier alpha value is -4.26. The summed E-state index contributed by atoms with van der Waals surface area (Å²) in [6, 6.07) is 20.2. The van der Waals surface area contributed by atoms with Gasteiger partial charge in [0, 0.05) is 30.4 Å². The minimum Gasteiger partial charge on any atom is -0.326 e. The first-order valence-corrected chi connectivity index (χ1v) is 9.70. The van der Waals surface area contributed by atoms with E-state index >= 15 is 0 Å². The highest BCUT2D eigenvalue weighted by Gasteiger charge is 2.14. The second-order valence-corrected chi connectivity index (χ2v) is 7.21. The van der Waals surface area contributed by atoms with E-state index in [0.29, 0.717) is 11.3 Å². The molecule has 0 fully saturated rings. The summed E-state index contributed by atoms with van der Waals surface area (Å²) in [6.07, 6.45) is 3.79. The molecule has 0 saturated heterocycles. The number of hydrogen-bond acceptors (Lipinski definition) is 4. The van der Waals surface area contributed by atoms with Crippen LogP contribution in [0.3, 0.4) is 0 Å². The van der Waals surface area contributed by atoms with Crippen LogP contribution < -0.4 is 5.32 Å². The Morgan fingerprint density at radius 2 is 1.74 bits per heavy atom. The number of carbonyl (C=O) groups is 1. The van der Waals surface area contributed by atoms with E-state index in [9.17, 15) is 14.9 Å². The van der Waals surface area contributed by atoms with Crippen molar-refractivity contribution in [2.24, 2.45) is 0 Å². The highest BCUT2D eigenvalue weighted by Crippen LogP contribution is 2.26. The van der Waals surface area contributed by atoms with Crippen LogP contribution in [0, 0.1) is 17.0 Å². The third-order valence-electron chi connectivity index (χ3n) is 4.82. The average molecular weight is 412 g/mol. The van der Waals surface area contributed by atoms with Crippen LogP contribution in [0.4, 0.5) is 11.4 Å². The summed E-state index contributed by atoms with van der Waals surface area (Å²) in [6.45, 7) is 3.48. The van der Waals surface area contributed by atoms with Gasteiger partial charge in [-0.3, -0.25) is 19.5 Å². The minimum absolute atomic E-state index is 0.00476. The number of fused-ring (bicyclic) bond motifs is 1. The molecule has 1 N–H and O–H groups in total. The number of carbonyl (C=O) groups excluding carboxylic acids is 1. The van der Waals surface area contributed by atoms with Gasteiger partial charge in [0.05, 0.1) is 16.0 Å². The van der Waals surface area contributed by atoms with Crippen LogP contribution >= 0.6 is 0 Å². The van der Waals surface area contributed by atoms with Crippen LogP contribution in [-0.2, 0) is 4.79 Å². The van der Waals surface area contributed by atoms with Gasteiger partial charge in [-0.05, 0) is 48.9 Å². The molecule has 0 radical (unpaired) electrons. The molecule has 31 heavy (non-hydrogen) atoms. The molecular weight excluding hydrogens is 392 g/mol. The van der Waals surface area contributed by atoms with Gasteiger partial charge in [-0.1, -0.05) is 35.9 Å². The van der Waals surface area contributed by atoms with E-state index in [0.717, 1.165) is 28.0 Å². The molecule has 1 heterocycles. The Morgan fingerprint density at radius 3 is 2.39 bits per heavy atom. The molecule has 0 atom stereocenters. The number of hydrogen-bond donors (Lipinski definition) is 1. The summed E-state index contributed by atoms with van der Waals surface area (Å²) in [5.41, 5.74) is 5.06. The summed E-state index contributed by atoms with van der Waals surface area (Å²) in [5, 5.41) is 13.9. The highest BCUT2D eigenvalue weighted by molar-refractivity contribution is 5.89. The monoisotopic (exact) mass is 412 g/mol. The molecule has 154 valence electrons. The van der Waals surface area contributed by atoms with Crippen molar-refractivity contribution in [3.8, 4) is 5.69 Å². The largest absolute Gasteiger partial charge is 0.326 e. The lowest BCUT2D eigenvalue weighted by Crippen LogP contribution is -2.05. The number of imidazole rings is 1. The van der Waals surface area contributed by atoms with E-state index in [1.165, 1.54) is 19.1 Å². The summed E-state index contributed by atoms with van der Waals surface area (Å²) in [5.74, 6) is 0.537. The van der Waals surface area contributed by atoms with Gasteiger partial charge in [-0.15, -0.1) is 0 Å². The molecule has 4 aromatic rings. The molecule has 0 bridgehead atoms.